The van der Waals surface area contributed by atoms with Crippen LogP contribution in [0.5, 0.6) is 0 Å². The van der Waals surface area contributed by atoms with Crippen LogP contribution in [0.2, 0.25) is 0 Å². The van der Waals surface area contributed by atoms with Crippen LogP contribution in [-0.2, 0) is 4.74 Å². The zero-order valence-corrected chi connectivity index (χ0v) is 10.5. The van der Waals surface area contributed by atoms with E-state index in [-0.39, 0.29) is 11.9 Å². The molecule has 0 spiro atoms. The maximum Gasteiger partial charge on any atom is 0.153 e. The lowest BCUT2D eigenvalue weighted by Gasteiger charge is -2.22. The number of hydrogen-bond acceptors (Lipinski definition) is 3. The summed E-state index contributed by atoms with van der Waals surface area (Å²) in [7, 11) is 0. The predicted octanol–water partition coefficient (Wildman–Crippen LogP) is 3.04. The molecule has 1 aliphatic rings. The normalized spacial score (nSPS) is 19.5. The molecule has 2 aromatic rings. The van der Waals surface area contributed by atoms with Crippen LogP contribution in [0.15, 0.2) is 24.3 Å². The summed E-state index contributed by atoms with van der Waals surface area (Å²) < 4.78 is 18.8. The van der Waals surface area contributed by atoms with Crippen LogP contribution in [0, 0.1) is 5.82 Å². The molecule has 1 aromatic heterocycles. The number of benzene rings is 1. The fraction of sp³-hybridized carbons (Fsp3) is 0.357. The Labute approximate surface area is 110 Å². The highest BCUT2D eigenvalue weighted by atomic mass is 19.1. The lowest BCUT2D eigenvalue weighted by Crippen LogP contribution is -2.12. The van der Waals surface area contributed by atoms with Gasteiger partial charge in [-0.25, -0.2) is 4.39 Å². The Balaban J connectivity index is 2.00. The van der Waals surface area contributed by atoms with Crippen molar-refractivity contribution in [1.29, 1.82) is 0 Å². The van der Waals surface area contributed by atoms with Crippen molar-refractivity contribution in [2.75, 3.05) is 12.3 Å². The topological polar surface area (TPSA) is 63.9 Å². The summed E-state index contributed by atoms with van der Waals surface area (Å²) in [6.07, 6.45) is 3.17. The standard InChI is InChI=1S/C14H16FN3O/c15-10-6-4-9(5-7-10)12-13(17-18-14(12)16)11-3-1-2-8-19-11/h4-7,11H,1-3,8H2,(H3,16,17,18). The Kier molecular flexibility index (Phi) is 3.21. The summed E-state index contributed by atoms with van der Waals surface area (Å²) in [5.41, 5.74) is 8.50. The van der Waals surface area contributed by atoms with Gasteiger partial charge in [0, 0.05) is 12.2 Å². The average molecular weight is 261 g/mol. The summed E-state index contributed by atoms with van der Waals surface area (Å²) in [5, 5.41) is 7.03. The first-order valence-electron chi connectivity index (χ1n) is 6.47. The molecule has 3 rings (SSSR count). The lowest BCUT2D eigenvalue weighted by atomic mass is 9.98. The third kappa shape index (κ3) is 2.33. The number of aromatic amines is 1. The zero-order valence-electron chi connectivity index (χ0n) is 10.5. The van der Waals surface area contributed by atoms with Gasteiger partial charge in [0.1, 0.15) is 5.82 Å². The van der Waals surface area contributed by atoms with Gasteiger partial charge in [-0.2, -0.15) is 5.10 Å². The Hall–Kier alpha value is -1.88. The number of nitrogen functional groups attached to an aromatic ring is 1. The SMILES string of the molecule is Nc1n[nH]c(C2CCCCO2)c1-c1ccc(F)cc1. The van der Waals surface area contributed by atoms with E-state index < -0.39 is 0 Å². The number of H-pyrrole nitrogens is 1. The molecule has 100 valence electrons. The molecule has 1 atom stereocenters. The second-order valence-electron chi connectivity index (χ2n) is 4.76. The minimum absolute atomic E-state index is 0.00129. The number of aromatic nitrogens is 2. The van der Waals surface area contributed by atoms with Gasteiger partial charge in [-0.05, 0) is 37.0 Å². The highest BCUT2D eigenvalue weighted by molar-refractivity contribution is 5.76. The van der Waals surface area contributed by atoms with Gasteiger partial charge in [-0.1, -0.05) is 12.1 Å². The van der Waals surface area contributed by atoms with E-state index >= 15 is 0 Å². The fourth-order valence-corrected chi connectivity index (χ4v) is 2.49. The predicted molar refractivity (Wildman–Crippen MR) is 70.9 cm³/mol. The molecule has 2 heterocycles. The van der Waals surface area contributed by atoms with Crippen LogP contribution >= 0.6 is 0 Å². The number of nitrogens with two attached hydrogens (primary N) is 1. The molecule has 5 heteroatoms. The van der Waals surface area contributed by atoms with Gasteiger partial charge < -0.3 is 10.5 Å². The van der Waals surface area contributed by atoms with Crippen molar-refractivity contribution in [3.8, 4) is 11.1 Å². The van der Waals surface area contributed by atoms with Gasteiger partial charge in [0.15, 0.2) is 5.82 Å². The molecule has 1 aliphatic heterocycles. The summed E-state index contributed by atoms with van der Waals surface area (Å²) >= 11 is 0. The molecule has 0 amide bonds. The number of ether oxygens (including phenoxy) is 1. The maximum atomic E-state index is 13.0. The molecular formula is C14H16FN3O. The Morgan fingerprint density at radius 2 is 2.05 bits per heavy atom. The van der Waals surface area contributed by atoms with Crippen LogP contribution in [-0.4, -0.2) is 16.8 Å². The van der Waals surface area contributed by atoms with Crippen LogP contribution < -0.4 is 5.73 Å². The molecular weight excluding hydrogens is 245 g/mol. The van der Waals surface area contributed by atoms with Gasteiger partial charge in [-0.15, -0.1) is 0 Å². The first-order valence-corrected chi connectivity index (χ1v) is 6.47. The minimum Gasteiger partial charge on any atom is -0.382 e. The lowest BCUT2D eigenvalue weighted by molar-refractivity contribution is 0.0126. The summed E-state index contributed by atoms with van der Waals surface area (Å²) in [4.78, 5) is 0. The zero-order chi connectivity index (χ0) is 13.2. The van der Waals surface area contributed by atoms with Crippen molar-refractivity contribution in [3.05, 3.63) is 35.8 Å². The van der Waals surface area contributed by atoms with Gasteiger partial charge in [0.25, 0.3) is 0 Å². The molecule has 1 saturated heterocycles. The minimum atomic E-state index is -0.263. The van der Waals surface area contributed by atoms with Gasteiger partial charge >= 0.3 is 0 Å². The van der Waals surface area contributed by atoms with Crippen molar-refractivity contribution in [2.45, 2.75) is 25.4 Å². The van der Waals surface area contributed by atoms with E-state index in [0.29, 0.717) is 5.82 Å². The van der Waals surface area contributed by atoms with Crippen molar-refractivity contribution >= 4 is 5.82 Å². The molecule has 1 fully saturated rings. The number of halogens is 1. The van der Waals surface area contributed by atoms with Crippen molar-refractivity contribution < 1.29 is 9.13 Å². The molecule has 1 aromatic carbocycles. The molecule has 3 N–H and O–H groups in total. The maximum absolute atomic E-state index is 13.0. The van der Waals surface area contributed by atoms with Crippen LogP contribution in [0.1, 0.15) is 31.1 Å². The van der Waals surface area contributed by atoms with Gasteiger partial charge in [0.2, 0.25) is 0 Å². The smallest absolute Gasteiger partial charge is 0.153 e. The molecule has 0 radical (unpaired) electrons. The number of hydrogen-bond donors (Lipinski definition) is 2. The van der Waals surface area contributed by atoms with Crippen LogP contribution in [0.25, 0.3) is 11.1 Å². The molecule has 19 heavy (non-hydrogen) atoms. The Bertz CT molecular complexity index is 559. The number of anilines is 1. The van der Waals surface area contributed by atoms with Crippen molar-refractivity contribution in [3.63, 3.8) is 0 Å². The van der Waals surface area contributed by atoms with Crippen LogP contribution in [0.3, 0.4) is 0 Å². The monoisotopic (exact) mass is 261 g/mol. The first kappa shape index (κ1) is 12.2. The summed E-state index contributed by atoms with van der Waals surface area (Å²) in [5.74, 6) is 0.164. The molecule has 4 nitrogen and oxygen atoms in total. The van der Waals surface area contributed by atoms with E-state index in [1.54, 1.807) is 12.1 Å². The average Bonchev–Trinajstić information content (AvgIpc) is 2.83. The molecule has 0 saturated carbocycles. The highest BCUT2D eigenvalue weighted by Crippen LogP contribution is 2.36. The van der Waals surface area contributed by atoms with Gasteiger partial charge in [-0.3, -0.25) is 5.10 Å². The quantitative estimate of drug-likeness (QED) is 0.873. The summed E-state index contributed by atoms with van der Waals surface area (Å²) in [6.45, 7) is 0.756. The van der Waals surface area contributed by atoms with E-state index in [4.69, 9.17) is 10.5 Å². The Morgan fingerprint density at radius 1 is 1.26 bits per heavy atom. The highest BCUT2D eigenvalue weighted by Gasteiger charge is 2.23. The molecule has 1 unspecified atom stereocenters. The van der Waals surface area contributed by atoms with Crippen LogP contribution in [0.4, 0.5) is 10.2 Å². The van der Waals surface area contributed by atoms with E-state index in [1.165, 1.54) is 12.1 Å². The number of nitrogens with one attached hydrogen (secondary N) is 1. The molecule has 0 aliphatic carbocycles. The van der Waals surface area contributed by atoms with Crippen molar-refractivity contribution in [2.24, 2.45) is 0 Å². The second kappa shape index (κ2) is 5.01. The summed E-state index contributed by atoms with van der Waals surface area (Å²) in [6, 6.07) is 6.27. The van der Waals surface area contributed by atoms with E-state index in [1.807, 2.05) is 0 Å². The van der Waals surface area contributed by atoms with E-state index in [2.05, 4.69) is 10.2 Å². The number of rotatable bonds is 2. The first-order chi connectivity index (χ1) is 9.25. The third-order valence-corrected chi connectivity index (χ3v) is 3.46. The van der Waals surface area contributed by atoms with E-state index in [9.17, 15) is 4.39 Å². The third-order valence-electron chi connectivity index (χ3n) is 3.46. The number of nitrogens with zero attached hydrogens (tertiary/aromatic N) is 1. The van der Waals surface area contributed by atoms with E-state index in [0.717, 1.165) is 42.7 Å². The van der Waals surface area contributed by atoms with Crippen molar-refractivity contribution in [1.82, 2.24) is 10.2 Å². The fourth-order valence-electron chi connectivity index (χ4n) is 2.49. The largest absolute Gasteiger partial charge is 0.382 e. The van der Waals surface area contributed by atoms with Gasteiger partial charge in [0.05, 0.1) is 11.8 Å². The Morgan fingerprint density at radius 3 is 2.74 bits per heavy atom. The second-order valence-corrected chi connectivity index (χ2v) is 4.76. The molecule has 0 bridgehead atoms.